The highest BCUT2D eigenvalue weighted by molar-refractivity contribution is 7.22. The predicted octanol–water partition coefficient (Wildman–Crippen LogP) is 7.13. The van der Waals surface area contributed by atoms with Crippen molar-refractivity contribution in [2.24, 2.45) is 0 Å². The summed E-state index contributed by atoms with van der Waals surface area (Å²) < 4.78 is 12.5. The Balaban J connectivity index is 1.44. The second-order valence-corrected chi connectivity index (χ2v) is 12.7. The van der Waals surface area contributed by atoms with E-state index in [0.29, 0.717) is 32.9 Å². The molecule has 0 N–H and O–H groups in total. The lowest BCUT2D eigenvalue weighted by Gasteiger charge is -2.32. The number of amides is 2. The van der Waals surface area contributed by atoms with E-state index in [-0.39, 0.29) is 28.6 Å². The Hall–Kier alpha value is -4.99. The average molecular weight is 634 g/mol. The van der Waals surface area contributed by atoms with Gasteiger partial charge in [0.2, 0.25) is 5.76 Å². The molecule has 2 amide bonds. The van der Waals surface area contributed by atoms with Gasteiger partial charge in [0.05, 0.1) is 40.5 Å². The van der Waals surface area contributed by atoms with Gasteiger partial charge in [-0.15, -0.1) is 0 Å². The minimum absolute atomic E-state index is 0.00357. The molecule has 222 valence electrons. The Morgan fingerprint density at radius 1 is 0.956 bits per heavy atom. The number of fused-ring (bicyclic) bond motifs is 6. The molecule has 4 aromatic carbocycles. The number of carbonyl (C=O) groups is 2. The van der Waals surface area contributed by atoms with Crippen LogP contribution in [0.3, 0.4) is 0 Å². The number of hydrogen-bond donors (Lipinski definition) is 0. The van der Waals surface area contributed by atoms with Crippen LogP contribution < -0.4 is 20.0 Å². The minimum Gasteiger partial charge on any atom is -0.497 e. The van der Waals surface area contributed by atoms with Crippen molar-refractivity contribution in [3.05, 3.63) is 128 Å². The second kappa shape index (κ2) is 9.76. The molecule has 0 bridgehead atoms. The molecule has 0 saturated carbocycles. The van der Waals surface area contributed by atoms with Crippen LogP contribution in [0.5, 0.6) is 5.75 Å². The molecule has 45 heavy (non-hydrogen) atoms. The first-order valence-electron chi connectivity index (χ1n) is 14.3. The molecule has 2 aliphatic rings. The highest BCUT2D eigenvalue weighted by Crippen LogP contribution is 2.55. The number of aryl methyl sites for hydroxylation is 2. The van der Waals surface area contributed by atoms with E-state index < -0.39 is 22.8 Å². The standard InChI is InChI=1S/C35H24ClN3O5S/c1-18-14-23-27(15-19(18)2)44-31-29(30(23)40)35(39(32(31)41)34-37-25-13-12-22(43-3)16-28(25)45-34)24-6-4-5-7-26(24)38(33(35)42)17-20-8-10-21(36)11-9-20/h4-16H,17H2,1-3H3. The Kier molecular flexibility index (Phi) is 5.97. The van der Waals surface area contributed by atoms with E-state index in [1.807, 2.05) is 44.2 Å². The minimum atomic E-state index is -1.85. The van der Waals surface area contributed by atoms with Crippen molar-refractivity contribution in [2.75, 3.05) is 16.9 Å². The molecule has 0 aliphatic carbocycles. The smallest absolute Gasteiger partial charge is 0.297 e. The molecule has 0 saturated heterocycles. The molecule has 0 radical (unpaired) electrons. The first-order chi connectivity index (χ1) is 21.7. The fourth-order valence-electron chi connectivity index (χ4n) is 6.46. The third kappa shape index (κ3) is 3.77. The second-order valence-electron chi connectivity index (χ2n) is 11.3. The molecule has 8 rings (SSSR count). The van der Waals surface area contributed by atoms with E-state index in [4.69, 9.17) is 25.7 Å². The number of aromatic nitrogens is 1. The van der Waals surface area contributed by atoms with E-state index in [1.165, 1.54) is 16.2 Å². The van der Waals surface area contributed by atoms with E-state index in [0.717, 1.165) is 21.4 Å². The largest absolute Gasteiger partial charge is 0.497 e. The Morgan fingerprint density at radius 3 is 2.49 bits per heavy atom. The first-order valence-corrected chi connectivity index (χ1v) is 15.5. The Bertz CT molecular complexity index is 2310. The van der Waals surface area contributed by atoms with Gasteiger partial charge in [0.25, 0.3) is 11.8 Å². The van der Waals surface area contributed by atoms with Gasteiger partial charge in [-0.2, -0.15) is 0 Å². The van der Waals surface area contributed by atoms with Crippen molar-refractivity contribution >= 4 is 66.8 Å². The molecule has 2 aliphatic heterocycles. The monoisotopic (exact) mass is 633 g/mol. The molecular weight excluding hydrogens is 610 g/mol. The van der Waals surface area contributed by atoms with E-state index in [9.17, 15) is 9.59 Å². The van der Waals surface area contributed by atoms with Crippen molar-refractivity contribution in [1.82, 2.24) is 4.98 Å². The van der Waals surface area contributed by atoms with E-state index >= 15 is 4.79 Å². The maximum Gasteiger partial charge on any atom is 0.297 e. The quantitative estimate of drug-likeness (QED) is 0.205. The third-order valence-corrected chi connectivity index (χ3v) is 10.0. The lowest BCUT2D eigenvalue weighted by atomic mass is 9.84. The number of anilines is 2. The zero-order valence-electron chi connectivity index (χ0n) is 24.4. The lowest BCUT2D eigenvalue weighted by Crippen LogP contribution is -2.53. The van der Waals surface area contributed by atoms with Gasteiger partial charge in [0, 0.05) is 10.6 Å². The number of benzene rings is 4. The number of carbonyl (C=O) groups excluding carboxylic acids is 2. The van der Waals surface area contributed by atoms with Gasteiger partial charge in [0.15, 0.2) is 16.1 Å². The molecule has 1 atom stereocenters. The van der Waals surface area contributed by atoms with Gasteiger partial charge in [0.1, 0.15) is 11.3 Å². The van der Waals surface area contributed by atoms with Crippen molar-refractivity contribution in [3.8, 4) is 5.75 Å². The molecule has 4 heterocycles. The topological polar surface area (TPSA) is 93.0 Å². The summed E-state index contributed by atoms with van der Waals surface area (Å²) in [4.78, 5) is 52.2. The van der Waals surface area contributed by atoms with Crippen LogP contribution in [0.4, 0.5) is 10.8 Å². The van der Waals surface area contributed by atoms with Gasteiger partial charge < -0.3 is 14.1 Å². The number of nitrogens with zero attached hydrogens (tertiary/aromatic N) is 3. The van der Waals surface area contributed by atoms with Gasteiger partial charge in [-0.3, -0.25) is 19.3 Å². The first kappa shape index (κ1) is 27.6. The molecular formula is C35H24ClN3O5S. The number of para-hydroxylation sites is 1. The summed E-state index contributed by atoms with van der Waals surface area (Å²) in [6.45, 7) is 4.02. The van der Waals surface area contributed by atoms with Crippen LogP contribution in [0.1, 0.15) is 38.4 Å². The van der Waals surface area contributed by atoms with E-state index in [2.05, 4.69) is 0 Å². The fraction of sp³-hybridized carbons (Fsp3) is 0.143. The van der Waals surface area contributed by atoms with Gasteiger partial charge in [-0.25, -0.2) is 4.98 Å². The summed E-state index contributed by atoms with van der Waals surface area (Å²) in [5.41, 5.74) is 2.38. The SMILES string of the molecule is COc1ccc2nc(N3C(=O)c4oc5cc(C)c(C)cc5c(=O)c4C34C(=O)N(Cc3ccc(Cl)cc3)c3ccccc34)sc2c1. The number of methoxy groups -OCH3 is 1. The highest BCUT2D eigenvalue weighted by atomic mass is 35.5. The summed E-state index contributed by atoms with van der Waals surface area (Å²) in [7, 11) is 1.58. The molecule has 1 unspecified atom stereocenters. The van der Waals surface area contributed by atoms with Crippen LogP contribution in [-0.4, -0.2) is 23.9 Å². The summed E-state index contributed by atoms with van der Waals surface area (Å²) in [6, 6.07) is 23.4. The summed E-state index contributed by atoms with van der Waals surface area (Å²) in [5.74, 6) is -0.583. The van der Waals surface area contributed by atoms with Crippen LogP contribution in [0.15, 0.2) is 88.1 Å². The van der Waals surface area contributed by atoms with Gasteiger partial charge in [-0.1, -0.05) is 53.3 Å². The molecule has 10 heteroatoms. The van der Waals surface area contributed by atoms with Gasteiger partial charge >= 0.3 is 0 Å². The van der Waals surface area contributed by atoms with Crippen molar-refractivity contribution < 1.29 is 18.7 Å². The van der Waals surface area contributed by atoms with Crippen LogP contribution in [-0.2, 0) is 16.9 Å². The van der Waals surface area contributed by atoms with Crippen LogP contribution in [0.25, 0.3) is 21.2 Å². The number of thiazole rings is 1. The molecule has 1 spiro atoms. The van der Waals surface area contributed by atoms with Crippen molar-refractivity contribution in [1.29, 1.82) is 0 Å². The number of rotatable bonds is 4. The number of hydrogen-bond acceptors (Lipinski definition) is 7. The molecule has 6 aromatic rings. The fourth-order valence-corrected chi connectivity index (χ4v) is 7.63. The van der Waals surface area contributed by atoms with Crippen LogP contribution >= 0.6 is 22.9 Å². The van der Waals surface area contributed by atoms with Crippen molar-refractivity contribution in [2.45, 2.75) is 25.9 Å². The summed E-state index contributed by atoms with van der Waals surface area (Å²) in [6.07, 6.45) is 0. The highest BCUT2D eigenvalue weighted by Gasteiger charge is 2.66. The lowest BCUT2D eigenvalue weighted by molar-refractivity contribution is -0.121. The van der Waals surface area contributed by atoms with Crippen LogP contribution in [0.2, 0.25) is 5.02 Å². The summed E-state index contributed by atoms with van der Waals surface area (Å²) >= 11 is 7.39. The Labute approximate surface area is 266 Å². The maximum absolute atomic E-state index is 15.2. The summed E-state index contributed by atoms with van der Waals surface area (Å²) in [5, 5.41) is 1.15. The zero-order chi connectivity index (χ0) is 31.2. The number of ether oxygens (including phenoxy) is 1. The Morgan fingerprint density at radius 2 is 1.71 bits per heavy atom. The zero-order valence-corrected chi connectivity index (χ0v) is 26.0. The van der Waals surface area contributed by atoms with E-state index in [1.54, 1.807) is 60.5 Å². The maximum atomic E-state index is 15.2. The van der Waals surface area contributed by atoms with Gasteiger partial charge in [-0.05, 0) is 79.1 Å². The van der Waals surface area contributed by atoms with Crippen molar-refractivity contribution in [3.63, 3.8) is 0 Å². The normalized spacial score (nSPS) is 17.2. The average Bonchev–Trinajstić information content (AvgIpc) is 3.64. The molecule has 8 nitrogen and oxygen atoms in total. The van der Waals surface area contributed by atoms with Crippen LogP contribution in [0, 0.1) is 13.8 Å². The number of halogens is 1. The molecule has 0 fully saturated rings. The predicted molar refractivity (Wildman–Crippen MR) is 175 cm³/mol. The molecule has 2 aromatic heterocycles. The third-order valence-electron chi connectivity index (χ3n) is 8.77.